The molecule has 0 unspecified atom stereocenters. The first kappa shape index (κ1) is 20.5. The summed E-state index contributed by atoms with van der Waals surface area (Å²) in [6, 6.07) is 20.6. The molecule has 0 saturated heterocycles. The molecule has 3 aromatic carbocycles. The number of benzene rings is 3. The van der Waals surface area contributed by atoms with E-state index in [4.69, 9.17) is 9.47 Å². The fraction of sp³-hybridized carbons (Fsp3) is 0.200. The van der Waals surface area contributed by atoms with Crippen LogP contribution in [-0.4, -0.2) is 34.6 Å². The number of aromatic nitrogens is 1. The quantitative estimate of drug-likeness (QED) is 0.309. The van der Waals surface area contributed by atoms with Gasteiger partial charge >= 0.3 is 5.97 Å². The van der Waals surface area contributed by atoms with Gasteiger partial charge in [0.15, 0.2) is 5.78 Å². The molecule has 0 atom stereocenters. The zero-order valence-electron chi connectivity index (χ0n) is 17.2. The first-order chi connectivity index (χ1) is 15.0. The lowest BCUT2D eigenvalue weighted by Crippen LogP contribution is -2.08. The Morgan fingerprint density at radius 1 is 0.839 bits per heavy atom. The number of rotatable bonds is 9. The van der Waals surface area contributed by atoms with E-state index in [0.29, 0.717) is 36.7 Å². The Hall–Kier alpha value is -3.80. The van der Waals surface area contributed by atoms with Gasteiger partial charge in [-0.05, 0) is 49.4 Å². The van der Waals surface area contributed by atoms with E-state index >= 15 is 0 Å². The average molecular weight is 417 g/mol. The SMILES string of the molecule is CC(=O)c1ccc(OCCCOc2ccc3c4ccccc4n(CC(=O)O)c3c2)cc1. The Morgan fingerprint density at radius 3 is 2.19 bits per heavy atom. The number of Topliss-reactive ketones (excluding diaryl/α,β-unsaturated/α-hetero) is 1. The van der Waals surface area contributed by atoms with Crippen LogP contribution in [0.1, 0.15) is 23.7 Å². The van der Waals surface area contributed by atoms with Crippen LogP contribution < -0.4 is 9.47 Å². The number of fused-ring (bicyclic) bond motifs is 3. The minimum Gasteiger partial charge on any atom is -0.493 e. The van der Waals surface area contributed by atoms with Gasteiger partial charge in [-0.25, -0.2) is 0 Å². The van der Waals surface area contributed by atoms with Crippen molar-refractivity contribution in [1.82, 2.24) is 4.57 Å². The molecular formula is C25H23NO5. The Balaban J connectivity index is 1.40. The lowest BCUT2D eigenvalue weighted by Gasteiger charge is -2.09. The molecule has 4 rings (SSSR count). The van der Waals surface area contributed by atoms with Crippen LogP contribution >= 0.6 is 0 Å². The summed E-state index contributed by atoms with van der Waals surface area (Å²) in [4.78, 5) is 22.7. The van der Waals surface area contributed by atoms with Crippen molar-refractivity contribution >= 4 is 33.6 Å². The highest BCUT2D eigenvalue weighted by Gasteiger charge is 2.13. The molecule has 0 aliphatic carbocycles. The molecular weight excluding hydrogens is 394 g/mol. The maximum absolute atomic E-state index is 11.4. The molecule has 0 bridgehead atoms. The monoisotopic (exact) mass is 417 g/mol. The Bertz CT molecular complexity index is 1240. The van der Waals surface area contributed by atoms with Crippen molar-refractivity contribution in [3.05, 3.63) is 72.3 Å². The summed E-state index contributed by atoms with van der Waals surface area (Å²) >= 11 is 0. The van der Waals surface area contributed by atoms with Gasteiger partial charge in [-0.2, -0.15) is 0 Å². The summed E-state index contributed by atoms with van der Waals surface area (Å²) in [6.07, 6.45) is 0.685. The number of carbonyl (C=O) groups excluding carboxylic acids is 1. The minimum atomic E-state index is -0.887. The van der Waals surface area contributed by atoms with Crippen molar-refractivity contribution in [3.63, 3.8) is 0 Å². The fourth-order valence-electron chi connectivity index (χ4n) is 3.65. The van der Waals surface area contributed by atoms with Crippen LogP contribution in [0.3, 0.4) is 0 Å². The Morgan fingerprint density at radius 2 is 1.48 bits per heavy atom. The summed E-state index contributed by atoms with van der Waals surface area (Å²) in [7, 11) is 0. The first-order valence-corrected chi connectivity index (χ1v) is 10.1. The number of carbonyl (C=O) groups is 2. The van der Waals surface area contributed by atoms with Crippen LogP contribution in [-0.2, 0) is 11.3 Å². The van der Waals surface area contributed by atoms with Gasteiger partial charge in [-0.3, -0.25) is 9.59 Å². The minimum absolute atomic E-state index is 0.0271. The molecule has 0 saturated carbocycles. The maximum atomic E-state index is 11.4. The third-order valence-corrected chi connectivity index (χ3v) is 5.13. The summed E-state index contributed by atoms with van der Waals surface area (Å²) in [6.45, 7) is 2.38. The van der Waals surface area contributed by atoms with E-state index in [9.17, 15) is 14.7 Å². The van der Waals surface area contributed by atoms with E-state index in [1.165, 1.54) is 6.92 Å². The number of aliphatic carboxylic acids is 1. The molecule has 1 heterocycles. The molecule has 158 valence electrons. The molecule has 0 aliphatic rings. The molecule has 31 heavy (non-hydrogen) atoms. The summed E-state index contributed by atoms with van der Waals surface area (Å²) in [5.41, 5.74) is 2.38. The van der Waals surface area contributed by atoms with Crippen molar-refractivity contribution < 1.29 is 24.2 Å². The number of hydrogen-bond acceptors (Lipinski definition) is 4. The van der Waals surface area contributed by atoms with Crippen LogP contribution in [0.25, 0.3) is 21.8 Å². The molecule has 0 fully saturated rings. The van der Waals surface area contributed by atoms with Crippen LogP contribution in [0.15, 0.2) is 66.7 Å². The van der Waals surface area contributed by atoms with Crippen LogP contribution in [0.5, 0.6) is 11.5 Å². The highest BCUT2D eigenvalue weighted by molar-refractivity contribution is 6.08. The van der Waals surface area contributed by atoms with E-state index in [1.807, 2.05) is 42.5 Å². The van der Waals surface area contributed by atoms with Crippen LogP contribution in [0.2, 0.25) is 0 Å². The largest absolute Gasteiger partial charge is 0.493 e. The van der Waals surface area contributed by atoms with Gasteiger partial charge in [-0.15, -0.1) is 0 Å². The lowest BCUT2D eigenvalue weighted by molar-refractivity contribution is -0.137. The van der Waals surface area contributed by atoms with E-state index in [-0.39, 0.29) is 12.3 Å². The zero-order valence-corrected chi connectivity index (χ0v) is 17.2. The van der Waals surface area contributed by atoms with Gasteiger partial charge in [-0.1, -0.05) is 18.2 Å². The molecule has 0 amide bonds. The Kier molecular flexibility index (Phi) is 5.89. The highest BCUT2D eigenvalue weighted by atomic mass is 16.5. The van der Waals surface area contributed by atoms with Crippen molar-refractivity contribution in [1.29, 1.82) is 0 Å². The van der Waals surface area contributed by atoms with Crippen LogP contribution in [0.4, 0.5) is 0 Å². The Labute approximate surface area is 179 Å². The lowest BCUT2D eigenvalue weighted by atomic mass is 10.1. The predicted octanol–water partition coefficient (Wildman–Crippen LogP) is 4.93. The van der Waals surface area contributed by atoms with E-state index < -0.39 is 5.97 Å². The smallest absolute Gasteiger partial charge is 0.323 e. The van der Waals surface area contributed by atoms with Crippen LogP contribution in [0, 0.1) is 0 Å². The van der Waals surface area contributed by atoms with Gasteiger partial charge in [0.05, 0.1) is 18.7 Å². The first-order valence-electron chi connectivity index (χ1n) is 10.1. The number of ketones is 1. The molecule has 1 N–H and O–H groups in total. The molecule has 0 spiro atoms. The van der Waals surface area contributed by atoms with Gasteiger partial charge < -0.3 is 19.1 Å². The van der Waals surface area contributed by atoms with Gasteiger partial charge in [0.25, 0.3) is 0 Å². The average Bonchev–Trinajstić information content (AvgIpc) is 3.06. The van der Waals surface area contributed by atoms with Crippen molar-refractivity contribution in [2.45, 2.75) is 19.9 Å². The van der Waals surface area contributed by atoms with Gasteiger partial charge in [0.1, 0.15) is 18.0 Å². The van der Waals surface area contributed by atoms with E-state index in [0.717, 1.165) is 21.8 Å². The van der Waals surface area contributed by atoms with Crippen molar-refractivity contribution in [2.24, 2.45) is 0 Å². The second-order valence-corrected chi connectivity index (χ2v) is 7.31. The topological polar surface area (TPSA) is 77.8 Å². The number of nitrogens with zero attached hydrogens (tertiary/aromatic N) is 1. The highest BCUT2D eigenvalue weighted by Crippen LogP contribution is 2.31. The fourth-order valence-corrected chi connectivity index (χ4v) is 3.65. The second kappa shape index (κ2) is 8.92. The molecule has 0 aliphatic heterocycles. The number of para-hydroxylation sites is 1. The molecule has 4 aromatic rings. The standard InChI is InChI=1S/C25H23NO5/c1-17(27)18-7-9-19(10-8-18)30-13-4-14-31-20-11-12-22-21-5-2-3-6-23(21)26(16-25(28)29)24(22)15-20/h2-3,5-12,15H,4,13-14,16H2,1H3,(H,28,29). The number of hydrogen-bond donors (Lipinski definition) is 1. The molecule has 6 heteroatoms. The normalized spacial score (nSPS) is 11.0. The zero-order chi connectivity index (χ0) is 21.8. The van der Waals surface area contributed by atoms with Gasteiger partial charge in [0.2, 0.25) is 0 Å². The van der Waals surface area contributed by atoms with Crippen molar-refractivity contribution in [3.8, 4) is 11.5 Å². The third-order valence-electron chi connectivity index (χ3n) is 5.13. The predicted molar refractivity (Wildman–Crippen MR) is 119 cm³/mol. The van der Waals surface area contributed by atoms with Gasteiger partial charge in [0, 0.05) is 34.3 Å². The maximum Gasteiger partial charge on any atom is 0.323 e. The summed E-state index contributed by atoms with van der Waals surface area (Å²) in [5, 5.41) is 11.4. The van der Waals surface area contributed by atoms with Crippen molar-refractivity contribution in [2.75, 3.05) is 13.2 Å². The van der Waals surface area contributed by atoms with E-state index in [2.05, 4.69) is 0 Å². The van der Waals surface area contributed by atoms with E-state index in [1.54, 1.807) is 28.8 Å². The number of ether oxygens (including phenoxy) is 2. The molecule has 0 radical (unpaired) electrons. The summed E-state index contributed by atoms with van der Waals surface area (Å²) in [5.74, 6) is 0.541. The number of carboxylic acids is 1. The summed E-state index contributed by atoms with van der Waals surface area (Å²) < 4.78 is 13.4. The second-order valence-electron chi connectivity index (χ2n) is 7.31. The third kappa shape index (κ3) is 4.53. The molecule has 6 nitrogen and oxygen atoms in total. The number of carboxylic acid groups (broad SMARTS) is 1. The molecule has 1 aromatic heterocycles.